The number of alkyl halides is 4. The molecule has 1 saturated heterocycles. The molecule has 8 nitrogen and oxygen atoms in total. The van der Waals surface area contributed by atoms with Gasteiger partial charge in [-0.2, -0.15) is 5.26 Å². The number of anilines is 2. The topological polar surface area (TPSA) is 115 Å². The molecular formula is C26H23ClF4N6O2. The molecule has 1 aliphatic heterocycles. The van der Waals surface area contributed by atoms with Gasteiger partial charge in [-0.15, -0.1) is 0 Å². The fourth-order valence-electron chi connectivity index (χ4n) is 5.54. The molecule has 3 aromatic rings. The van der Waals surface area contributed by atoms with Crippen molar-refractivity contribution >= 4 is 40.1 Å². The number of hydrogen-bond donors (Lipinski definition) is 2. The molecule has 1 aliphatic carbocycles. The van der Waals surface area contributed by atoms with Crippen LogP contribution in [0.1, 0.15) is 53.1 Å². The Kier molecular flexibility index (Phi) is 6.53. The van der Waals surface area contributed by atoms with Crippen molar-refractivity contribution in [1.29, 1.82) is 5.26 Å². The first-order chi connectivity index (χ1) is 18.3. The number of nitrogens with one attached hydrogen (secondary N) is 1. The number of carbonyl (C=O) groups is 1. The molecule has 0 radical (unpaired) electrons. The van der Waals surface area contributed by atoms with Gasteiger partial charge < -0.3 is 15.3 Å². The van der Waals surface area contributed by atoms with E-state index in [1.54, 1.807) is 13.0 Å². The summed E-state index contributed by atoms with van der Waals surface area (Å²) in [5, 5.41) is 22.5. The first-order valence-corrected chi connectivity index (χ1v) is 12.6. The summed E-state index contributed by atoms with van der Waals surface area (Å²) in [6.45, 7) is 2.81. The third-order valence-corrected chi connectivity index (χ3v) is 7.50. The molecule has 1 saturated carbocycles. The molecule has 1 aromatic carbocycles. The minimum atomic E-state index is -3.25. The van der Waals surface area contributed by atoms with Crippen LogP contribution in [0, 0.1) is 30.1 Å². The Hall–Kier alpha value is -3.72. The van der Waals surface area contributed by atoms with E-state index in [-0.39, 0.29) is 41.1 Å². The van der Waals surface area contributed by atoms with E-state index in [1.807, 2.05) is 19.1 Å². The van der Waals surface area contributed by atoms with Crippen molar-refractivity contribution in [1.82, 2.24) is 15.0 Å². The van der Waals surface area contributed by atoms with Crippen LogP contribution in [0.5, 0.6) is 0 Å². The van der Waals surface area contributed by atoms with Crippen LogP contribution in [0.4, 0.5) is 29.1 Å². The van der Waals surface area contributed by atoms with Crippen LogP contribution in [0.2, 0.25) is 5.15 Å². The smallest absolute Gasteiger partial charge is 0.356 e. The highest BCUT2D eigenvalue weighted by Gasteiger charge is 2.61. The number of fused-ring (bicyclic) bond motifs is 3. The zero-order chi connectivity index (χ0) is 28.3. The number of aromatic carboxylic acids is 1. The number of aryl methyl sites for hydroxylation is 1. The molecule has 3 heterocycles. The number of aromatic nitrogens is 3. The van der Waals surface area contributed by atoms with Crippen LogP contribution in [0.3, 0.4) is 0 Å². The maximum absolute atomic E-state index is 14.8. The molecule has 3 atom stereocenters. The Morgan fingerprint density at radius 1 is 1.18 bits per heavy atom. The summed E-state index contributed by atoms with van der Waals surface area (Å²) in [5.74, 6) is -10.8. The van der Waals surface area contributed by atoms with Crippen molar-refractivity contribution in [3.63, 3.8) is 0 Å². The highest BCUT2D eigenvalue weighted by atomic mass is 35.5. The lowest BCUT2D eigenvalue weighted by Crippen LogP contribution is -2.60. The Bertz CT molecular complexity index is 1510. The van der Waals surface area contributed by atoms with E-state index in [0.717, 1.165) is 5.56 Å². The minimum absolute atomic E-state index is 0.0146. The lowest BCUT2D eigenvalue weighted by molar-refractivity contribution is -0.204. The largest absolute Gasteiger partial charge is 0.476 e. The van der Waals surface area contributed by atoms with Gasteiger partial charge in [0.15, 0.2) is 17.2 Å². The number of pyridine rings is 1. The molecule has 2 bridgehead atoms. The highest BCUT2D eigenvalue weighted by Crippen LogP contribution is 2.52. The SMILES string of the molecule is Cc1cc([C@@H](C)Nc2ccc(Cl)nc2C(=O)O)c2nc(N3CC4CC(F)(F)CC(C3)C4(F)F)c(C#N)nc2c1. The molecule has 2 aliphatic rings. The van der Waals surface area contributed by atoms with E-state index < -0.39 is 48.5 Å². The van der Waals surface area contributed by atoms with Crippen molar-refractivity contribution in [2.75, 3.05) is 23.3 Å². The first kappa shape index (κ1) is 26.9. The molecule has 5 rings (SSSR count). The molecular weight excluding hydrogens is 540 g/mol. The minimum Gasteiger partial charge on any atom is -0.476 e. The van der Waals surface area contributed by atoms with Crippen molar-refractivity contribution in [3.05, 3.63) is 51.9 Å². The number of nitrogens with zero attached hydrogens (tertiary/aromatic N) is 5. The number of carboxylic acids is 1. The van der Waals surface area contributed by atoms with Gasteiger partial charge in [0, 0.05) is 43.3 Å². The second kappa shape index (κ2) is 9.48. The number of benzene rings is 1. The standard InChI is InChI=1S/C26H23ClF4N6O2/c1-12-5-16(13(2)33-17-3-4-20(27)35-22(17)24(38)39)21-18(6-12)34-19(9-32)23(36-21)37-10-14-7-25(28,29)8-15(11-37)26(14,30)31/h3-6,13-15,33H,7-8,10-11H2,1-2H3,(H,38,39)/t13-,14?,15?/m1/s1. The summed E-state index contributed by atoms with van der Waals surface area (Å²) in [7, 11) is 0. The number of carboxylic acid groups (broad SMARTS) is 1. The molecule has 13 heteroatoms. The summed E-state index contributed by atoms with van der Waals surface area (Å²) in [6.07, 6.45) is -1.88. The summed E-state index contributed by atoms with van der Waals surface area (Å²) in [4.78, 5) is 26.1. The van der Waals surface area contributed by atoms with Gasteiger partial charge in [0.1, 0.15) is 11.2 Å². The van der Waals surface area contributed by atoms with Crippen LogP contribution in [0.15, 0.2) is 24.3 Å². The fourth-order valence-corrected chi connectivity index (χ4v) is 5.68. The van der Waals surface area contributed by atoms with Gasteiger partial charge >= 0.3 is 5.97 Å². The van der Waals surface area contributed by atoms with E-state index in [1.165, 1.54) is 17.0 Å². The lowest BCUT2D eigenvalue weighted by atomic mass is 9.72. The van der Waals surface area contributed by atoms with Crippen molar-refractivity contribution in [3.8, 4) is 6.07 Å². The van der Waals surface area contributed by atoms with Crippen LogP contribution >= 0.6 is 11.6 Å². The van der Waals surface area contributed by atoms with Crippen LogP contribution in [0.25, 0.3) is 11.0 Å². The Labute approximate surface area is 225 Å². The van der Waals surface area contributed by atoms with E-state index in [4.69, 9.17) is 11.6 Å². The molecule has 2 unspecified atom stereocenters. The van der Waals surface area contributed by atoms with E-state index in [9.17, 15) is 32.7 Å². The second-order valence-corrected chi connectivity index (χ2v) is 10.6. The maximum Gasteiger partial charge on any atom is 0.356 e. The number of nitriles is 1. The van der Waals surface area contributed by atoms with E-state index >= 15 is 0 Å². The third kappa shape index (κ3) is 4.91. The van der Waals surface area contributed by atoms with E-state index in [2.05, 4.69) is 20.3 Å². The van der Waals surface area contributed by atoms with Gasteiger partial charge in [-0.1, -0.05) is 17.7 Å². The zero-order valence-corrected chi connectivity index (χ0v) is 21.6. The Morgan fingerprint density at radius 3 is 2.46 bits per heavy atom. The van der Waals surface area contributed by atoms with Gasteiger partial charge in [0.2, 0.25) is 5.92 Å². The molecule has 2 fully saturated rings. The number of hydrogen-bond acceptors (Lipinski definition) is 7. The van der Waals surface area contributed by atoms with Crippen molar-refractivity contribution in [2.45, 2.75) is 44.6 Å². The second-order valence-electron chi connectivity index (χ2n) is 10.2. The molecule has 0 spiro atoms. The third-order valence-electron chi connectivity index (χ3n) is 7.29. The molecule has 39 heavy (non-hydrogen) atoms. The fraction of sp³-hybridized carbons (Fsp3) is 0.423. The monoisotopic (exact) mass is 562 g/mol. The van der Waals surface area contributed by atoms with Crippen LogP contribution in [-0.4, -0.2) is 51.0 Å². The van der Waals surface area contributed by atoms with Gasteiger partial charge in [-0.3, -0.25) is 0 Å². The van der Waals surface area contributed by atoms with Gasteiger partial charge in [-0.25, -0.2) is 37.3 Å². The predicted molar refractivity (Wildman–Crippen MR) is 136 cm³/mol. The number of piperidine rings is 1. The summed E-state index contributed by atoms with van der Waals surface area (Å²) < 4.78 is 57.8. The summed E-state index contributed by atoms with van der Waals surface area (Å²) in [5.41, 5.74) is 1.97. The van der Waals surface area contributed by atoms with E-state index in [0.29, 0.717) is 16.6 Å². The van der Waals surface area contributed by atoms with Crippen LogP contribution in [-0.2, 0) is 0 Å². The summed E-state index contributed by atoms with van der Waals surface area (Å²) in [6, 6.07) is 7.90. The maximum atomic E-state index is 14.8. The quantitative estimate of drug-likeness (QED) is 0.294. The average molecular weight is 563 g/mol. The molecule has 2 aromatic heterocycles. The van der Waals surface area contributed by atoms with Crippen molar-refractivity contribution in [2.24, 2.45) is 11.8 Å². The molecule has 204 valence electrons. The molecule has 2 N–H and O–H groups in total. The Morgan fingerprint density at radius 2 is 1.85 bits per heavy atom. The normalized spacial score (nSPS) is 22.3. The number of rotatable bonds is 5. The zero-order valence-electron chi connectivity index (χ0n) is 20.9. The number of halogens is 5. The lowest BCUT2D eigenvalue weighted by Gasteiger charge is -2.49. The van der Waals surface area contributed by atoms with Crippen LogP contribution < -0.4 is 10.2 Å². The van der Waals surface area contributed by atoms with Gasteiger partial charge in [-0.05, 0) is 37.6 Å². The predicted octanol–water partition coefficient (Wildman–Crippen LogP) is 5.85. The molecule has 0 amide bonds. The Balaban J connectivity index is 1.56. The average Bonchev–Trinajstić information content (AvgIpc) is 2.84. The van der Waals surface area contributed by atoms with Gasteiger partial charge in [0.25, 0.3) is 5.92 Å². The first-order valence-electron chi connectivity index (χ1n) is 12.2. The highest BCUT2D eigenvalue weighted by molar-refractivity contribution is 6.29. The van der Waals surface area contributed by atoms with Gasteiger partial charge in [0.05, 0.1) is 22.8 Å². The summed E-state index contributed by atoms with van der Waals surface area (Å²) >= 11 is 5.86. The van der Waals surface area contributed by atoms with Crippen molar-refractivity contribution < 1.29 is 27.5 Å².